The fraction of sp³-hybridized carbons (Fsp3) is 0.366. The number of rotatable bonds is 12. The van der Waals surface area contributed by atoms with Gasteiger partial charge in [0.05, 0.1) is 11.7 Å². The molecular formula is C82H93BrN2. The minimum absolute atomic E-state index is 0.00644. The van der Waals surface area contributed by atoms with Crippen molar-refractivity contribution in [2.24, 2.45) is 11.8 Å². The van der Waals surface area contributed by atoms with Crippen molar-refractivity contribution in [1.29, 1.82) is 0 Å². The second kappa shape index (κ2) is 24.6. The van der Waals surface area contributed by atoms with Crippen LogP contribution in [0.2, 0.25) is 0 Å². The van der Waals surface area contributed by atoms with Gasteiger partial charge in [-0.15, -0.1) is 0 Å². The number of anilines is 5. The Morgan fingerprint density at radius 3 is 1.64 bits per heavy atom. The zero-order valence-corrected chi connectivity index (χ0v) is 54.8. The highest BCUT2D eigenvalue weighted by molar-refractivity contribution is 9.10. The van der Waals surface area contributed by atoms with E-state index >= 15 is 0 Å². The van der Waals surface area contributed by atoms with Crippen LogP contribution in [-0.2, 0) is 21.7 Å². The second-order valence-electron chi connectivity index (χ2n) is 29.1. The molecule has 0 fully saturated rings. The maximum absolute atomic E-state index is 4.02. The number of nitrogens with zero attached hydrogens (tertiary/aromatic N) is 2. The molecule has 0 amide bonds. The lowest BCUT2D eigenvalue weighted by molar-refractivity contribution is 0.255. The van der Waals surface area contributed by atoms with E-state index in [-0.39, 0.29) is 27.7 Å². The van der Waals surface area contributed by atoms with E-state index < -0.39 is 0 Å². The first-order chi connectivity index (χ1) is 40.6. The summed E-state index contributed by atoms with van der Waals surface area (Å²) < 4.78 is 1.04. The lowest BCUT2D eigenvalue weighted by atomic mass is 9.69. The molecule has 0 radical (unpaired) electrons. The SMILES string of the molecule is CC(C)(C)c1cc(-c2ccc(N(c3cc(-c4cc(C(C)(C)C)cc(C(C)(C)C)c4)cc(N(c4cccc(Br)c4)c4c(C5=CCCC=C5)cccc4-c4ccccc4)c3)C3C(C4=CCCCC4)=CCCC3C3CC=CCC3)cc2)cc(C(C)(C)C)c1. The molecule has 0 N–H and O–H groups in total. The Labute approximate surface area is 520 Å². The first-order valence-corrected chi connectivity index (χ1v) is 32.9. The van der Waals surface area contributed by atoms with Gasteiger partial charge in [0.25, 0.3) is 0 Å². The molecule has 0 bridgehead atoms. The molecule has 438 valence electrons. The number of allylic oxidation sites excluding steroid dienone is 8. The van der Waals surface area contributed by atoms with Gasteiger partial charge in [-0.1, -0.05) is 245 Å². The molecule has 85 heavy (non-hydrogen) atoms. The van der Waals surface area contributed by atoms with Crippen molar-refractivity contribution in [2.45, 2.75) is 181 Å². The van der Waals surface area contributed by atoms with Gasteiger partial charge in [-0.05, 0) is 219 Å². The fourth-order valence-corrected chi connectivity index (χ4v) is 14.1. The van der Waals surface area contributed by atoms with Crippen LogP contribution < -0.4 is 9.80 Å². The summed E-state index contributed by atoms with van der Waals surface area (Å²) in [7, 11) is 0. The van der Waals surface area contributed by atoms with Crippen LogP contribution >= 0.6 is 15.9 Å². The zero-order valence-electron chi connectivity index (χ0n) is 53.3. The highest BCUT2D eigenvalue weighted by Crippen LogP contribution is 2.52. The summed E-state index contributed by atoms with van der Waals surface area (Å²) in [5, 5.41) is 0. The van der Waals surface area contributed by atoms with Crippen LogP contribution in [0.4, 0.5) is 28.4 Å². The van der Waals surface area contributed by atoms with Gasteiger partial charge in [0.2, 0.25) is 0 Å². The second-order valence-corrected chi connectivity index (χ2v) is 30.1. The van der Waals surface area contributed by atoms with Crippen LogP contribution in [0.1, 0.15) is 182 Å². The molecule has 0 saturated heterocycles. The van der Waals surface area contributed by atoms with Gasteiger partial charge in [-0.25, -0.2) is 0 Å². The first-order valence-electron chi connectivity index (χ1n) is 32.1. The van der Waals surface area contributed by atoms with E-state index in [1.807, 2.05) is 0 Å². The van der Waals surface area contributed by atoms with Crippen LogP contribution in [-0.4, -0.2) is 6.04 Å². The maximum Gasteiger partial charge on any atom is 0.0622 e. The number of benzene rings is 7. The average molecular weight is 1190 g/mol. The quantitative estimate of drug-likeness (QED) is 0.113. The largest absolute Gasteiger partial charge is 0.334 e. The van der Waals surface area contributed by atoms with E-state index in [9.17, 15) is 0 Å². The molecule has 0 saturated carbocycles. The maximum atomic E-state index is 4.02. The van der Waals surface area contributed by atoms with E-state index in [1.165, 1.54) is 110 Å². The monoisotopic (exact) mass is 1180 g/mol. The summed E-state index contributed by atoms with van der Waals surface area (Å²) in [6.07, 6.45) is 30.0. The Hall–Kier alpha value is -6.68. The van der Waals surface area contributed by atoms with E-state index in [0.29, 0.717) is 11.8 Å². The van der Waals surface area contributed by atoms with Crippen molar-refractivity contribution in [3.05, 3.63) is 238 Å². The molecule has 3 heteroatoms. The van der Waals surface area contributed by atoms with Crippen LogP contribution in [0.25, 0.3) is 39.0 Å². The topological polar surface area (TPSA) is 6.48 Å². The normalized spacial score (nSPS) is 18.6. The Morgan fingerprint density at radius 2 is 1.05 bits per heavy atom. The number of halogens is 1. The summed E-state index contributed by atoms with van der Waals surface area (Å²) in [5.74, 6) is 1.00. The van der Waals surface area contributed by atoms with Gasteiger partial charge >= 0.3 is 0 Å². The van der Waals surface area contributed by atoms with Crippen LogP contribution in [0.3, 0.4) is 0 Å². The van der Waals surface area contributed by atoms with Crippen molar-refractivity contribution in [2.75, 3.05) is 9.80 Å². The van der Waals surface area contributed by atoms with Crippen molar-refractivity contribution >= 4 is 49.9 Å². The molecule has 0 aromatic heterocycles. The molecule has 0 spiro atoms. The number of hydrogen-bond donors (Lipinski definition) is 0. The lowest BCUT2D eigenvalue weighted by Gasteiger charge is -2.47. The van der Waals surface area contributed by atoms with E-state index in [2.05, 4.69) is 303 Å². The Morgan fingerprint density at radius 1 is 0.424 bits per heavy atom. The summed E-state index contributed by atoms with van der Waals surface area (Å²) in [4.78, 5) is 5.47. The van der Waals surface area contributed by atoms with E-state index in [0.717, 1.165) is 60.8 Å². The lowest BCUT2D eigenvalue weighted by Crippen LogP contribution is -2.44. The summed E-state index contributed by atoms with van der Waals surface area (Å²) in [5.41, 5.74) is 24.1. The molecule has 4 aliphatic rings. The van der Waals surface area contributed by atoms with Crippen molar-refractivity contribution in [3.63, 3.8) is 0 Å². The molecule has 0 aliphatic heterocycles. The van der Waals surface area contributed by atoms with Crippen LogP contribution in [0, 0.1) is 11.8 Å². The molecule has 2 nitrogen and oxygen atoms in total. The van der Waals surface area contributed by atoms with Gasteiger partial charge in [-0.2, -0.15) is 0 Å². The molecule has 7 aromatic carbocycles. The van der Waals surface area contributed by atoms with Gasteiger partial charge in [0.1, 0.15) is 0 Å². The highest BCUT2D eigenvalue weighted by Gasteiger charge is 2.40. The third-order valence-electron chi connectivity index (χ3n) is 18.7. The minimum atomic E-state index is -0.0748. The Bertz CT molecular complexity index is 3640. The predicted molar refractivity (Wildman–Crippen MR) is 372 cm³/mol. The smallest absolute Gasteiger partial charge is 0.0622 e. The highest BCUT2D eigenvalue weighted by atomic mass is 79.9. The fourth-order valence-electron chi connectivity index (χ4n) is 13.7. The van der Waals surface area contributed by atoms with E-state index in [4.69, 9.17) is 0 Å². The Balaban J connectivity index is 1.25. The van der Waals surface area contributed by atoms with Gasteiger partial charge in [0, 0.05) is 38.3 Å². The molecule has 11 rings (SSSR count). The van der Waals surface area contributed by atoms with Crippen molar-refractivity contribution in [1.82, 2.24) is 0 Å². The van der Waals surface area contributed by atoms with Gasteiger partial charge in [0.15, 0.2) is 0 Å². The molecule has 3 atom stereocenters. The third kappa shape index (κ3) is 13.3. The standard InChI is InChI=1S/C82H93BrN2/c1-79(2,3)64-46-61(47-65(52-64)80(4,5)6)56-42-44-69(45-43-56)84(77-73(57-28-17-13-18-29-57)38-26-39-74(77)58-30-19-14-20-31-58)71-50-63(62-48-66(81(7,8)9)53-67(49-62)82(10,11)12)51-72(55-71)85(70-37-25-36-68(83)54-70)78-75(59-32-21-15-22-33-59)40-27-41-76(78)60-34-23-16-24-35-60/h13,15,17,21-23,25,27,30,32-37,39-55,57,73,77H,14,16,18-20,24,26,28-29,31,38H2,1-12H3. The molecule has 3 unspecified atom stereocenters. The molecule has 7 aromatic rings. The van der Waals surface area contributed by atoms with Crippen molar-refractivity contribution in [3.8, 4) is 33.4 Å². The summed E-state index contributed by atoms with van der Waals surface area (Å²) in [6, 6.07) is 59.6. The molecular weight excluding hydrogens is 1090 g/mol. The van der Waals surface area contributed by atoms with E-state index in [1.54, 1.807) is 11.1 Å². The van der Waals surface area contributed by atoms with Gasteiger partial charge in [-0.3, -0.25) is 0 Å². The summed E-state index contributed by atoms with van der Waals surface area (Å²) in [6.45, 7) is 28.3. The van der Waals surface area contributed by atoms with Crippen molar-refractivity contribution < 1.29 is 0 Å². The first kappa shape index (κ1) is 60.0. The predicted octanol–water partition coefficient (Wildman–Crippen LogP) is 24.5. The van der Waals surface area contributed by atoms with Crippen LogP contribution in [0.5, 0.6) is 0 Å². The molecule has 4 aliphatic carbocycles. The zero-order chi connectivity index (χ0) is 59.8. The minimum Gasteiger partial charge on any atom is -0.334 e. The number of para-hydroxylation sites is 1. The number of hydrogen-bond acceptors (Lipinski definition) is 2. The summed E-state index contributed by atoms with van der Waals surface area (Å²) >= 11 is 4.02. The van der Waals surface area contributed by atoms with Gasteiger partial charge < -0.3 is 9.80 Å². The Kier molecular flexibility index (Phi) is 17.4. The third-order valence-corrected chi connectivity index (χ3v) is 19.2. The molecule has 0 heterocycles. The van der Waals surface area contributed by atoms with Crippen LogP contribution in [0.15, 0.2) is 210 Å². The average Bonchev–Trinajstić information content (AvgIpc) is 1.08.